The average molecular weight is 334 g/mol. The van der Waals surface area contributed by atoms with Gasteiger partial charge in [0.05, 0.1) is 21.7 Å². The fourth-order valence-electron chi connectivity index (χ4n) is 1.81. The minimum absolute atomic E-state index is 0.0181. The van der Waals surface area contributed by atoms with Crippen LogP contribution < -0.4 is 0 Å². The maximum absolute atomic E-state index is 11.9. The molecular formula is C12H9Cl2NO4S. The number of hydrogen-bond donors (Lipinski definition) is 0. The number of rotatable bonds is 3. The summed E-state index contributed by atoms with van der Waals surface area (Å²) in [5.41, 5.74) is 0.589. The van der Waals surface area contributed by atoms with Gasteiger partial charge >= 0.3 is 0 Å². The summed E-state index contributed by atoms with van der Waals surface area (Å²) >= 11 is 11.6. The van der Waals surface area contributed by atoms with E-state index in [9.17, 15) is 13.2 Å². The van der Waals surface area contributed by atoms with E-state index in [0.29, 0.717) is 11.3 Å². The summed E-state index contributed by atoms with van der Waals surface area (Å²) in [7, 11) is -3.55. The summed E-state index contributed by atoms with van der Waals surface area (Å²) in [6.45, 7) is 1.61. The second-order valence-corrected chi connectivity index (χ2v) is 6.85. The number of aromatic nitrogens is 1. The Morgan fingerprint density at radius 3 is 2.45 bits per heavy atom. The van der Waals surface area contributed by atoms with E-state index in [1.165, 1.54) is 18.3 Å². The normalized spacial score (nSPS) is 11.6. The van der Waals surface area contributed by atoms with E-state index in [0.717, 1.165) is 6.26 Å². The minimum Gasteiger partial charge on any atom is -0.361 e. The molecule has 1 aromatic carbocycles. The highest BCUT2D eigenvalue weighted by atomic mass is 35.5. The van der Waals surface area contributed by atoms with Gasteiger partial charge in [0.15, 0.2) is 9.84 Å². The van der Waals surface area contributed by atoms with E-state index in [2.05, 4.69) is 5.16 Å². The molecule has 0 unspecified atom stereocenters. The maximum Gasteiger partial charge on any atom is 0.253 e. The molecule has 5 nitrogen and oxygen atoms in total. The second-order valence-electron chi connectivity index (χ2n) is 4.14. The summed E-state index contributed by atoms with van der Waals surface area (Å²) in [6, 6.07) is 2.57. The standard InChI is InChI=1S/C12H9Cl2NO4S/c1-6-8(5-15-19-6)10-9(20(2,17)18)4-3-7(11(10)13)12(14)16/h3-5H,1-2H3. The van der Waals surface area contributed by atoms with Gasteiger partial charge in [-0.15, -0.1) is 0 Å². The van der Waals surface area contributed by atoms with Crippen LogP contribution in [0.1, 0.15) is 16.1 Å². The van der Waals surface area contributed by atoms with Crippen LogP contribution in [-0.2, 0) is 9.84 Å². The smallest absolute Gasteiger partial charge is 0.253 e. The van der Waals surface area contributed by atoms with Gasteiger partial charge in [0.2, 0.25) is 0 Å². The minimum atomic E-state index is -3.55. The molecule has 20 heavy (non-hydrogen) atoms. The van der Waals surface area contributed by atoms with Crippen molar-refractivity contribution in [3.63, 3.8) is 0 Å². The van der Waals surface area contributed by atoms with Crippen LogP contribution in [0.5, 0.6) is 0 Å². The molecule has 0 radical (unpaired) electrons. The van der Waals surface area contributed by atoms with Crippen molar-refractivity contribution >= 4 is 38.3 Å². The first-order valence-electron chi connectivity index (χ1n) is 5.37. The molecule has 0 atom stereocenters. The fourth-order valence-corrected chi connectivity index (χ4v) is 3.32. The number of benzene rings is 1. The molecule has 106 valence electrons. The molecule has 0 spiro atoms. The fraction of sp³-hybridized carbons (Fsp3) is 0.167. The number of halogens is 2. The quantitative estimate of drug-likeness (QED) is 0.806. The zero-order valence-corrected chi connectivity index (χ0v) is 12.8. The van der Waals surface area contributed by atoms with Crippen LogP contribution in [0.3, 0.4) is 0 Å². The predicted octanol–water partition coefficient (Wildman–Crippen LogP) is 3.09. The van der Waals surface area contributed by atoms with Crippen molar-refractivity contribution in [2.75, 3.05) is 6.26 Å². The SMILES string of the molecule is Cc1oncc1-c1c(S(C)(=O)=O)ccc(C(=O)Cl)c1Cl. The maximum atomic E-state index is 11.9. The Hall–Kier alpha value is -1.37. The molecule has 0 aliphatic heterocycles. The van der Waals surface area contributed by atoms with E-state index in [1.807, 2.05) is 0 Å². The molecule has 0 saturated heterocycles. The number of aryl methyl sites for hydroxylation is 1. The van der Waals surface area contributed by atoms with Crippen molar-refractivity contribution in [3.8, 4) is 11.1 Å². The molecule has 2 aromatic rings. The second kappa shape index (κ2) is 5.20. The Balaban J connectivity index is 2.91. The summed E-state index contributed by atoms with van der Waals surface area (Å²) < 4.78 is 28.7. The predicted molar refractivity (Wildman–Crippen MR) is 75.0 cm³/mol. The van der Waals surface area contributed by atoms with E-state index in [4.69, 9.17) is 27.7 Å². The van der Waals surface area contributed by atoms with Gasteiger partial charge in [0.1, 0.15) is 5.76 Å². The van der Waals surface area contributed by atoms with E-state index in [1.54, 1.807) is 6.92 Å². The molecule has 0 amide bonds. The third kappa shape index (κ3) is 2.59. The Bertz CT molecular complexity index is 796. The molecule has 0 bridgehead atoms. The lowest BCUT2D eigenvalue weighted by atomic mass is 10.0. The Morgan fingerprint density at radius 2 is 2.00 bits per heavy atom. The average Bonchev–Trinajstić information content (AvgIpc) is 2.73. The summed E-state index contributed by atoms with van der Waals surface area (Å²) in [4.78, 5) is 11.3. The van der Waals surface area contributed by atoms with Crippen molar-refractivity contribution in [1.29, 1.82) is 0 Å². The number of carbonyl (C=O) groups excluding carboxylic acids is 1. The van der Waals surface area contributed by atoms with Gasteiger partial charge in [-0.2, -0.15) is 0 Å². The Kier molecular flexibility index (Phi) is 3.90. The third-order valence-electron chi connectivity index (χ3n) is 2.74. The van der Waals surface area contributed by atoms with E-state index >= 15 is 0 Å². The van der Waals surface area contributed by atoms with Crippen LogP contribution in [0.2, 0.25) is 5.02 Å². The summed E-state index contributed by atoms with van der Waals surface area (Å²) in [5, 5.41) is 2.78. The van der Waals surface area contributed by atoms with Gasteiger partial charge < -0.3 is 4.52 Å². The first-order valence-corrected chi connectivity index (χ1v) is 8.02. The Morgan fingerprint density at radius 1 is 1.35 bits per heavy atom. The number of carbonyl (C=O) groups is 1. The summed E-state index contributed by atoms with van der Waals surface area (Å²) in [5.74, 6) is 0.385. The monoisotopic (exact) mass is 333 g/mol. The first kappa shape index (κ1) is 15.0. The van der Waals surface area contributed by atoms with Crippen molar-refractivity contribution in [2.24, 2.45) is 0 Å². The third-order valence-corrected chi connectivity index (χ3v) is 4.47. The lowest BCUT2D eigenvalue weighted by Crippen LogP contribution is -2.03. The van der Waals surface area contributed by atoms with Crippen LogP contribution in [-0.4, -0.2) is 25.1 Å². The van der Waals surface area contributed by atoms with Crippen molar-refractivity contribution in [1.82, 2.24) is 5.16 Å². The van der Waals surface area contributed by atoms with Crippen LogP contribution in [0.4, 0.5) is 0 Å². The van der Waals surface area contributed by atoms with Crippen LogP contribution in [0, 0.1) is 6.92 Å². The molecule has 0 aliphatic carbocycles. The molecule has 0 saturated carbocycles. The van der Waals surface area contributed by atoms with Gasteiger partial charge in [-0.05, 0) is 30.7 Å². The van der Waals surface area contributed by atoms with Crippen LogP contribution in [0.15, 0.2) is 27.7 Å². The van der Waals surface area contributed by atoms with E-state index in [-0.39, 0.29) is 21.0 Å². The van der Waals surface area contributed by atoms with Gasteiger partial charge in [-0.25, -0.2) is 8.42 Å². The number of nitrogens with zero attached hydrogens (tertiary/aromatic N) is 1. The van der Waals surface area contributed by atoms with Crippen LogP contribution in [0.25, 0.3) is 11.1 Å². The lowest BCUT2D eigenvalue weighted by Gasteiger charge is -2.11. The highest BCUT2D eigenvalue weighted by molar-refractivity contribution is 7.90. The number of sulfone groups is 1. The topological polar surface area (TPSA) is 77.2 Å². The van der Waals surface area contributed by atoms with Gasteiger partial charge in [-0.3, -0.25) is 4.79 Å². The zero-order valence-electron chi connectivity index (χ0n) is 10.5. The molecule has 2 rings (SSSR count). The molecule has 0 N–H and O–H groups in total. The van der Waals surface area contributed by atoms with E-state index < -0.39 is 15.1 Å². The molecule has 1 aromatic heterocycles. The molecular weight excluding hydrogens is 325 g/mol. The highest BCUT2D eigenvalue weighted by Crippen LogP contribution is 2.38. The van der Waals surface area contributed by atoms with Crippen molar-refractivity contribution in [3.05, 3.63) is 34.7 Å². The highest BCUT2D eigenvalue weighted by Gasteiger charge is 2.24. The zero-order chi connectivity index (χ0) is 15.1. The molecule has 0 fully saturated rings. The molecule has 8 heteroatoms. The largest absolute Gasteiger partial charge is 0.361 e. The van der Waals surface area contributed by atoms with Crippen molar-refractivity contribution in [2.45, 2.75) is 11.8 Å². The van der Waals surface area contributed by atoms with Crippen molar-refractivity contribution < 1.29 is 17.7 Å². The van der Waals surface area contributed by atoms with Crippen LogP contribution >= 0.6 is 23.2 Å². The number of hydrogen-bond acceptors (Lipinski definition) is 5. The van der Waals surface area contributed by atoms with Gasteiger partial charge in [0, 0.05) is 17.4 Å². The van der Waals surface area contributed by atoms with Gasteiger partial charge in [-0.1, -0.05) is 16.8 Å². The molecule has 1 heterocycles. The first-order chi connectivity index (χ1) is 9.23. The lowest BCUT2D eigenvalue weighted by molar-refractivity contribution is 0.108. The Labute approximate surface area is 125 Å². The molecule has 0 aliphatic rings. The summed E-state index contributed by atoms with van der Waals surface area (Å²) in [6.07, 6.45) is 2.39. The van der Waals surface area contributed by atoms with Gasteiger partial charge in [0.25, 0.3) is 5.24 Å².